The van der Waals surface area contributed by atoms with Crippen molar-refractivity contribution in [1.82, 2.24) is 15.1 Å². The molecule has 0 spiro atoms. The molecule has 2 aliphatic heterocycles. The Morgan fingerprint density at radius 2 is 1.72 bits per heavy atom. The standard InChI is InChI=1S/C18H24FN3O2.ClH/c19-15-7-2-1-6-14(15)17(23)21-10-5-11-22(13-12-21)18(24)16-8-3-4-9-20-16;/h1-2,6-7,16,20H,3-5,8-13H2;1H. The molecule has 2 fully saturated rings. The Balaban J connectivity index is 0.00000225. The minimum Gasteiger partial charge on any atom is -0.340 e. The number of nitrogens with one attached hydrogen (secondary N) is 1. The Kier molecular flexibility index (Phi) is 7.20. The molecule has 138 valence electrons. The third kappa shape index (κ3) is 4.70. The summed E-state index contributed by atoms with van der Waals surface area (Å²) >= 11 is 0. The van der Waals surface area contributed by atoms with Crippen molar-refractivity contribution >= 4 is 24.2 Å². The van der Waals surface area contributed by atoms with E-state index in [0.29, 0.717) is 26.2 Å². The molecule has 0 aliphatic carbocycles. The maximum Gasteiger partial charge on any atom is 0.256 e. The van der Waals surface area contributed by atoms with Crippen LogP contribution >= 0.6 is 12.4 Å². The van der Waals surface area contributed by atoms with E-state index in [1.54, 1.807) is 17.0 Å². The van der Waals surface area contributed by atoms with Crippen LogP contribution in [0.2, 0.25) is 0 Å². The molecule has 1 atom stereocenters. The van der Waals surface area contributed by atoms with Gasteiger partial charge in [0.15, 0.2) is 0 Å². The van der Waals surface area contributed by atoms with Gasteiger partial charge in [-0.2, -0.15) is 0 Å². The van der Waals surface area contributed by atoms with Gasteiger partial charge in [0.2, 0.25) is 5.91 Å². The maximum absolute atomic E-state index is 13.8. The highest BCUT2D eigenvalue weighted by Crippen LogP contribution is 2.15. The molecular weight excluding hydrogens is 345 g/mol. The summed E-state index contributed by atoms with van der Waals surface area (Å²) in [5, 5.41) is 3.28. The zero-order valence-corrected chi connectivity index (χ0v) is 15.1. The van der Waals surface area contributed by atoms with Gasteiger partial charge in [-0.1, -0.05) is 18.6 Å². The van der Waals surface area contributed by atoms with Gasteiger partial charge in [0.1, 0.15) is 5.82 Å². The summed E-state index contributed by atoms with van der Waals surface area (Å²) in [6.07, 6.45) is 3.80. The highest BCUT2D eigenvalue weighted by atomic mass is 35.5. The fourth-order valence-electron chi connectivity index (χ4n) is 3.43. The van der Waals surface area contributed by atoms with Crippen LogP contribution in [0.5, 0.6) is 0 Å². The average molecular weight is 370 g/mol. The summed E-state index contributed by atoms with van der Waals surface area (Å²) in [7, 11) is 0. The molecule has 0 aromatic heterocycles. The molecule has 7 heteroatoms. The van der Waals surface area contributed by atoms with Crippen molar-refractivity contribution in [2.24, 2.45) is 0 Å². The second-order valence-electron chi connectivity index (χ2n) is 6.45. The SMILES string of the molecule is Cl.O=C(c1ccccc1F)N1CCCN(C(=O)C2CCCCN2)CC1. The molecular formula is C18H25ClFN3O2. The fraction of sp³-hybridized carbons (Fsp3) is 0.556. The quantitative estimate of drug-likeness (QED) is 0.868. The molecule has 25 heavy (non-hydrogen) atoms. The predicted octanol–water partition coefficient (Wildman–Crippen LogP) is 2.06. The summed E-state index contributed by atoms with van der Waals surface area (Å²) in [4.78, 5) is 28.6. The third-order valence-electron chi connectivity index (χ3n) is 4.81. The van der Waals surface area contributed by atoms with Gasteiger partial charge in [0, 0.05) is 26.2 Å². The second kappa shape index (κ2) is 9.15. The van der Waals surface area contributed by atoms with Crippen molar-refractivity contribution in [3.05, 3.63) is 35.6 Å². The first-order valence-electron chi connectivity index (χ1n) is 8.73. The van der Waals surface area contributed by atoms with Crippen LogP contribution in [-0.2, 0) is 4.79 Å². The minimum absolute atomic E-state index is 0. The topological polar surface area (TPSA) is 52.7 Å². The van der Waals surface area contributed by atoms with Crippen LogP contribution in [0, 0.1) is 5.82 Å². The van der Waals surface area contributed by atoms with E-state index >= 15 is 0 Å². The Morgan fingerprint density at radius 3 is 2.44 bits per heavy atom. The van der Waals surface area contributed by atoms with Crippen LogP contribution in [-0.4, -0.2) is 60.4 Å². The highest BCUT2D eigenvalue weighted by molar-refractivity contribution is 5.94. The van der Waals surface area contributed by atoms with Gasteiger partial charge in [0.25, 0.3) is 5.91 Å². The van der Waals surface area contributed by atoms with E-state index < -0.39 is 5.82 Å². The van der Waals surface area contributed by atoms with Crippen molar-refractivity contribution < 1.29 is 14.0 Å². The average Bonchev–Trinajstić information content (AvgIpc) is 2.88. The van der Waals surface area contributed by atoms with Gasteiger partial charge in [-0.3, -0.25) is 9.59 Å². The molecule has 5 nitrogen and oxygen atoms in total. The first-order valence-corrected chi connectivity index (χ1v) is 8.73. The summed E-state index contributed by atoms with van der Waals surface area (Å²) in [5.74, 6) is -0.654. The van der Waals surface area contributed by atoms with Crippen LogP contribution in [0.15, 0.2) is 24.3 Å². The Labute approximate surface area is 154 Å². The second-order valence-corrected chi connectivity index (χ2v) is 6.45. The number of rotatable bonds is 2. The molecule has 0 saturated carbocycles. The number of benzene rings is 1. The molecule has 3 rings (SSSR count). The van der Waals surface area contributed by atoms with E-state index in [9.17, 15) is 14.0 Å². The van der Waals surface area contributed by atoms with Crippen LogP contribution < -0.4 is 5.32 Å². The number of piperidine rings is 1. The lowest BCUT2D eigenvalue weighted by Gasteiger charge is -2.29. The monoisotopic (exact) mass is 369 g/mol. The van der Waals surface area contributed by atoms with E-state index in [4.69, 9.17) is 0 Å². The van der Waals surface area contributed by atoms with E-state index in [0.717, 1.165) is 32.2 Å². The maximum atomic E-state index is 13.8. The number of hydrogen-bond donors (Lipinski definition) is 1. The minimum atomic E-state index is -0.494. The van der Waals surface area contributed by atoms with E-state index in [-0.39, 0.29) is 35.8 Å². The highest BCUT2D eigenvalue weighted by Gasteiger charge is 2.28. The zero-order chi connectivity index (χ0) is 16.9. The van der Waals surface area contributed by atoms with E-state index in [2.05, 4.69) is 5.32 Å². The van der Waals surface area contributed by atoms with E-state index in [1.807, 2.05) is 4.90 Å². The molecule has 2 saturated heterocycles. The van der Waals surface area contributed by atoms with Gasteiger partial charge in [0.05, 0.1) is 11.6 Å². The number of nitrogens with zero attached hydrogens (tertiary/aromatic N) is 2. The lowest BCUT2D eigenvalue weighted by Crippen LogP contribution is -2.49. The van der Waals surface area contributed by atoms with E-state index in [1.165, 1.54) is 12.1 Å². The normalized spacial score (nSPS) is 21.2. The lowest BCUT2D eigenvalue weighted by molar-refractivity contribution is -0.133. The summed E-state index contributed by atoms with van der Waals surface area (Å²) < 4.78 is 13.8. The van der Waals surface area contributed by atoms with Crippen molar-refractivity contribution in [3.63, 3.8) is 0 Å². The number of amides is 2. The van der Waals surface area contributed by atoms with Crippen molar-refractivity contribution in [2.45, 2.75) is 31.7 Å². The number of halogens is 2. The number of carbonyl (C=O) groups excluding carboxylic acids is 2. The van der Waals surface area contributed by atoms with Crippen molar-refractivity contribution in [1.29, 1.82) is 0 Å². The molecule has 2 amide bonds. The van der Waals surface area contributed by atoms with Gasteiger partial charge >= 0.3 is 0 Å². The molecule has 0 bridgehead atoms. The summed E-state index contributed by atoms with van der Waals surface area (Å²) in [6.45, 7) is 3.05. The van der Waals surface area contributed by atoms with Gasteiger partial charge < -0.3 is 15.1 Å². The molecule has 1 aromatic rings. The van der Waals surface area contributed by atoms with Crippen LogP contribution in [0.4, 0.5) is 4.39 Å². The first kappa shape index (κ1) is 19.7. The Morgan fingerprint density at radius 1 is 1.00 bits per heavy atom. The summed E-state index contributed by atoms with van der Waals surface area (Å²) in [5.41, 5.74) is 0.103. The van der Waals surface area contributed by atoms with Crippen molar-refractivity contribution in [3.8, 4) is 0 Å². The zero-order valence-electron chi connectivity index (χ0n) is 14.2. The molecule has 1 aromatic carbocycles. The smallest absolute Gasteiger partial charge is 0.256 e. The molecule has 1 unspecified atom stereocenters. The van der Waals surface area contributed by atoms with Crippen molar-refractivity contribution in [2.75, 3.05) is 32.7 Å². The summed E-state index contributed by atoms with van der Waals surface area (Å²) in [6, 6.07) is 5.96. The van der Waals surface area contributed by atoms with Crippen LogP contribution in [0.25, 0.3) is 0 Å². The Bertz CT molecular complexity index is 608. The fourth-order valence-corrected chi connectivity index (χ4v) is 3.43. The molecule has 2 heterocycles. The number of hydrogen-bond acceptors (Lipinski definition) is 3. The van der Waals surface area contributed by atoms with Gasteiger partial charge in [-0.25, -0.2) is 4.39 Å². The molecule has 2 aliphatic rings. The van der Waals surface area contributed by atoms with Crippen LogP contribution in [0.3, 0.4) is 0 Å². The Hall–Kier alpha value is -1.66. The van der Waals surface area contributed by atoms with Gasteiger partial charge in [-0.05, 0) is 37.9 Å². The molecule has 0 radical (unpaired) electrons. The third-order valence-corrected chi connectivity index (χ3v) is 4.81. The first-order chi connectivity index (χ1) is 11.7. The lowest BCUT2D eigenvalue weighted by atomic mass is 10.0. The van der Waals surface area contributed by atoms with Crippen LogP contribution in [0.1, 0.15) is 36.0 Å². The predicted molar refractivity (Wildman–Crippen MR) is 96.4 cm³/mol. The largest absolute Gasteiger partial charge is 0.340 e. The number of carbonyl (C=O) groups is 2. The van der Waals surface area contributed by atoms with Gasteiger partial charge in [-0.15, -0.1) is 12.4 Å². The molecule has 1 N–H and O–H groups in total.